The molecular weight excluding hydrogens is 314 g/mol. The quantitative estimate of drug-likeness (QED) is 0.927. The van der Waals surface area contributed by atoms with E-state index in [1.165, 1.54) is 5.56 Å². The number of likely N-dealkylation sites (N-methyl/N-ethyl adjacent to an activating group) is 1. The predicted molar refractivity (Wildman–Crippen MR) is 100 cm³/mol. The highest BCUT2D eigenvalue weighted by Gasteiger charge is 2.19. The van der Waals surface area contributed by atoms with Crippen LogP contribution < -0.4 is 10.2 Å². The number of amides is 1. The number of nitrogens with one attached hydrogen (secondary N) is 1. The van der Waals surface area contributed by atoms with Crippen LogP contribution in [-0.2, 0) is 0 Å². The molecule has 2 heterocycles. The molecule has 132 valence electrons. The van der Waals surface area contributed by atoms with Gasteiger partial charge >= 0.3 is 0 Å². The van der Waals surface area contributed by atoms with Crippen LogP contribution in [0.1, 0.15) is 28.5 Å². The lowest BCUT2D eigenvalue weighted by Gasteiger charge is -2.34. The number of rotatable bonds is 4. The maximum absolute atomic E-state index is 12.6. The fraction of sp³-hybridized carbons (Fsp3) is 0.421. The number of benzene rings is 1. The van der Waals surface area contributed by atoms with Gasteiger partial charge in [0.2, 0.25) is 5.95 Å². The zero-order valence-electron chi connectivity index (χ0n) is 15.1. The van der Waals surface area contributed by atoms with Gasteiger partial charge in [0.1, 0.15) is 5.69 Å². The van der Waals surface area contributed by atoms with Crippen LogP contribution in [0.4, 0.5) is 11.6 Å². The van der Waals surface area contributed by atoms with Crippen LogP contribution in [-0.4, -0.2) is 53.5 Å². The summed E-state index contributed by atoms with van der Waals surface area (Å²) < 4.78 is 0. The van der Waals surface area contributed by atoms with Crippen LogP contribution in [0.5, 0.6) is 0 Å². The minimum Gasteiger partial charge on any atom is -0.338 e. The smallest absolute Gasteiger partial charge is 0.274 e. The van der Waals surface area contributed by atoms with Crippen LogP contribution >= 0.6 is 0 Å². The van der Waals surface area contributed by atoms with Crippen molar-refractivity contribution in [2.75, 3.05) is 42.9 Å². The summed E-state index contributed by atoms with van der Waals surface area (Å²) in [6.07, 6.45) is 1.66. The fourth-order valence-corrected chi connectivity index (χ4v) is 3.03. The Kier molecular flexibility index (Phi) is 5.28. The number of anilines is 2. The Morgan fingerprint density at radius 1 is 1.16 bits per heavy atom. The molecule has 1 amide bonds. The molecule has 0 atom stereocenters. The van der Waals surface area contributed by atoms with Gasteiger partial charge in [-0.1, -0.05) is 24.6 Å². The zero-order chi connectivity index (χ0) is 17.8. The average molecular weight is 339 g/mol. The Morgan fingerprint density at radius 3 is 2.60 bits per heavy atom. The fourth-order valence-electron chi connectivity index (χ4n) is 3.03. The topological polar surface area (TPSA) is 61.4 Å². The molecule has 1 N–H and O–H groups in total. The number of carbonyl (C=O) groups excluding carboxylic acids is 1. The van der Waals surface area contributed by atoms with Crippen molar-refractivity contribution in [3.8, 4) is 0 Å². The zero-order valence-corrected chi connectivity index (χ0v) is 15.1. The van der Waals surface area contributed by atoms with Gasteiger partial charge in [0.15, 0.2) is 0 Å². The van der Waals surface area contributed by atoms with E-state index in [9.17, 15) is 4.79 Å². The summed E-state index contributed by atoms with van der Waals surface area (Å²) in [7, 11) is 0. The second-order valence-electron chi connectivity index (χ2n) is 6.44. The van der Waals surface area contributed by atoms with Crippen molar-refractivity contribution >= 4 is 17.5 Å². The molecule has 6 heteroatoms. The summed E-state index contributed by atoms with van der Waals surface area (Å²) in [6, 6.07) is 7.62. The van der Waals surface area contributed by atoms with Gasteiger partial charge in [-0.05, 0) is 38.1 Å². The van der Waals surface area contributed by atoms with Crippen molar-refractivity contribution < 1.29 is 4.79 Å². The maximum atomic E-state index is 12.6. The summed E-state index contributed by atoms with van der Waals surface area (Å²) in [5, 5.41) is 2.94. The largest absolute Gasteiger partial charge is 0.338 e. The van der Waals surface area contributed by atoms with Crippen LogP contribution in [0.2, 0.25) is 0 Å². The molecule has 0 radical (unpaired) electrons. The van der Waals surface area contributed by atoms with E-state index in [4.69, 9.17) is 0 Å². The molecule has 1 aliphatic heterocycles. The number of hydrogen-bond donors (Lipinski definition) is 1. The third-order valence-corrected chi connectivity index (χ3v) is 4.61. The number of piperazine rings is 1. The molecule has 1 fully saturated rings. The minimum absolute atomic E-state index is 0.206. The Morgan fingerprint density at radius 2 is 1.92 bits per heavy atom. The third kappa shape index (κ3) is 4.14. The average Bonchev–Trinajstić information content (AvgIpc) is 2.64. The summed E-state index contributed by atoms with van der Waals surface area (Å²) in [5.74, 6) is 0.423. The summed E-state index contributed by atoms with van der Waals surface area (Å²) in [4.78, 5) is 25.9. The van der Waals surface area contributed by atoms with Gasteiger partial charge in [0, 0.05) is 38.1 Å². The second-order valence-corrected chi connectivity index (χ2v) is 6.44. The van der Waals surface area contributed by atoms with Crippen LogP contribution in [0.15, 0.2) is 30.5 Å². The normalized spacial score (nSPS) is 15.2. The van der Waals surface area contributed by atoms with Crippen molar-refractivity contribution in [2.24, 2.45) is 0 Å². The molecule has 1 aromatic heterocycles. The molecule has 2 aromatic rings. The number of aryl methyl sites for hydroxylation is 2. The van der Waals surface area contributed by atoms with Crippen molar-refractivity contribution in [3.63, 3.8) is 0 Å². The molecular formula is C19H25N5O. The van der Waals surface area contributed by atoms with E-state index in [2.05, 4.69) is 32.0 Å². The van der Waals surface area contributed by atoms with Crippen LogP contribution in [0.25, 0.3) is 0 Å². The highest BCUT2D eigenvalue weighted by Crippen LogP contribution is 2.17. The van der Waals surface area contributed by atoms with Crippen molar-refractivity contribution in [1.82, 2.24) is 14.9 Å². The van der Waals surface area contributed by atoms with E-state index in [1.54, 1.807) is 12.3 Å². The molecule has 6 nitrogen and oxygen atoms in total. The first kappa shape index (κ1) is 17.4. The van der Waals surface area contributed by atoms with Gasteiger partial charge in [-0.3, -0.25) is 4.79 Å². The first-order chi connectivity index (χ1) is 12.1. The molecule has 1 aliphatic rings. The SMILES string of the molecule is CCN1CCN(c2nccc(C(=O)Nc3ccc(C)cc3C)n2)CC1. The van der Waals surface area contributed by atoms with Gasteiger partial charge in [0.05, 0.1) is 0 Å². The number of hydrogen-bond acceptors (Lipinski definition) is 5. The van der Waals surface area contributed by atoms with E-state index in [-0.39, 0.29) is 5.91 Å². The first-order valence-corrected chi connectivity index (χ1v) is 8.76. The predicted octanol–water partition coefficient (Wildman–Crippen LogP) is 2.49. The molecule has 0 saturated carbocycles. The molecule has 0 spiro atoms. The number of aromatic nitrogens is 2. The Hall–Kier alpha value is -2.47. The van der Waals surface area contributed by atoms with Crippen LogP contribution in [0, 0.1) is 13.8 Å². The molecule has 0 aliphatic carbocycles. The first-order valence-electron chi connectivity index (χ1n) is 8.76. The van der Waals surface area contributed by atoms with Gasteiger partial charge in [-0.15, -0.1) is 0 Å². The number of nitrogens with zero attached hydrogens (tertiary/aromatic N) is 4. The third-order valence-electron chi connectivity index (χ3n) is 4.61. The van der Waals surface area contributed by atoms with Gasteiger partial charge in [-0.2, -0.15) is 0 Å². The standard InChI is InChI=1S/C19H25N5O/c1-4-23-9-11-24(12-10-23)19-20-8-7-17(22-19)18(25)21-16-6-5-14(2)13-15(16)3/h5-8,13H,4,9-12H2,1-3H3,(H,21,25). The van der Waals surface area contributed by atoms with Crippen LogP contribution in [0.3, 0.4) is 0 Å². The van der Waals surface area contributed by atoms with Crippen molar-refractivity contribution in [2.45, 2.75) is 20.8 Å². The Bertz CT molecular complexity index is 753. The second kappa shape index (κ2) is 7.61. The van der Waals surface area contributed by atoms with E-state index in [0.29, 0.717) is 11.6 Å². The molecule has 25 heavy (non-hydrogen) atoms. The van der Waals surface area contributed by atoms with Crippen molar-refractivity contribution in [1.29, 1.82) is 0 Å². The Balaban J connectivity index is 1.71. The lowest BCUT2D eigenvalue weighted by Crippen LogP contribution is -2.46. The van der Waals surface area contributed by atoms with E-state index < -0.39 is 0 Å². The number of carbonyl (C=O) groups is 1. The lowest BCUT2D eigenvalue weighted by atomic mass is 10.1. The summed E-state index contributed by atoms with van der Waals surface area (Å²) in [6.45, 7) is 11.0. The van der Waals surface area contributed by atoms with Gasteiger partial charge in [0.25, 0.3) is 5.91 Å². The lowest BCUT2D eigenvalue weighted by molar-refractivity contribution is 0.102. The molecule has 0 bridgehead atoms. The van der Waals surface area contributed by atoms with E-state index in [0.717, 1.165) is 44.0 Å². The maximum Gasteiger partial charge on any atom is 0.274 e. The van der Waals surface area contributed by atoms with Gasteiger partial charge < -0.3 is 15.1 Å². The van der Waals surface area contributed by atoms with Gasteiger partial charge in [-0.25, -0.2) is 9.97 Å². The Labute approximate surface area is 148 Å². The summed E-state index contributed by atoms with van der Waals surface area (Å²) >= 11 is 0. The molecule has 1 aromatic carbocycles. The van der Waals surface area contributed by atoms with Crippen molar-refractivity contribution in [3.05, 3.63) is 47.3 Å². The monoisotopic (exact) mass is 339 g/mol. The molecule has 3 rings (SSSR count). The van der Waals surface area contributed by atoms with E-state index in [1.807, 2.05) is 32.0 Å². The van der Waals surface area contributed by atoms with E-state index >= 15 is 0 Å². The molecule has 1 saturated heterocycles. The highest BCUT2D eigenvalue weighted by atomic mass is 16.1. The highest BCUT2D eigenvalue weighted by molar-refractivity contribution is 6.03. The molecule has 0 unspecified atom stereocenters. The summed E-state index contributed by atoms with van der Waals surface area (Å²) in [5.41, 5.74) is 3.42. The minimum atomic E-state index is -0.206.